The highest BCUT2D eigenvalue weighted by atomic mass is 16.5. The monoisotopic (exact) mass is 588 g/mol. The quantitative estimate of drug-likeness (QED) is 0.167. The summed E-state index contributed by atoms with van der Waals surface area (Å²) in [7, 11) is 0. The van der Waals surface area contributed by atoms with Gasteiger partial charge >= 0.3 is 12.1 Å². The Morgan fingerprint density at radius 1 is 1.00 bits per heavy atom. The molecule has 2 aromatic carbocycles. The standard InChI is InChI=1S/C35H44N2O6/c1-22(2)17-29(33-30(38)19-35(3,4)20-31(33)39)36-16-10-9-11-23(18-32(40)41)37-34(42)43-21-28-26-14-7-5-12-24(26)25-13-6-8-15-27(25)28/h5-8,12-15,22-23,28,38H,9-11,16-21H2,1-4H3,(H,37,42)(H,40,41)/t23-/m0/s1. The third-order valence-electron chi connectivity index (χ3n) is 8.09. The van der Waals surface area contributed by atoms with Crippen LogP contribution >= 0.6 is 0 Å². The van der Waals surface area contributed by atoms with E-state index in [1.165, 1.54) is 0 Å². The topological polar surface area (TPSA) is 125 Å². The first-order valence-corrected chi connectivity index (χ1v) is 15.3. The predicted octanol–water partition coefficient (Wildman–Crippen LogP) is 7.23. The van der Waals surface area contributed by atoms with Crippen molar-refractivity contribution in [3.63, 3.8) is 0 Å². The average Bonchev–Trinajstić information content (AvgIpc) is 3.23. The number of carboxylic acid groups (broad SMARTS) is 1. The lowest BCUT2D eigenvalue weighted by Crippen LogP contribution is -2.37. The number of aliphatic hydroxyl groups is 1. The Balaban J connectivity index is 1.32. The highest BCUT2D eigenvalue weighted by Crippen LogP contribution is 2.44. The van der Waals surface area contributed by atoms with E-state index in [-0.39, 0.29) is 41.8 Å². The number of benzene rings is 2. The molecule has 1 amide bonds. The fraction of sp³-hybridized carbons (Fsp3) is 0.486. The third kappa shape index (κ3) is 8.33. The van der Waals surface area contributed by atoms with E-state index in [1.807, 2.05) is 50.2 Å². The molecule has 3 N–H and O–H groups in total. The summed E-state index contributed by atoms with van der Waals surface area (Å²) in [6, 6.07) is 15.6. The summed E-state index contributed by atoms with van der Waals surface area (Å²) in [5.74, 6) is -0.757. The van der Waals surface area contributed by atoms with Crippen LogP contribution in [-0.4, -0.2) is 53.0 Å². The van der Waals surface area contributed by atoms with Crippen molar-refractivity contribution in [1.29, 1.82) is 0 Å². The van der Waals surface area contributed by atoms with E-state index in [0.717, 1.165) is 22.3 Å². The molecule has 1 atom stereocenters. The lowest BCUT2D eigenvalue weighted by Gasteiger charge is -2.30. The van der Waals surface area contributed by atoms with Gasteiger partial charge in [0.25, 0.3) is 0 Å². The van der Waals surface area contributed by atoms with Crippen molar-refractivity contribution < 1.29 is 29.3 Å². The van der Waals surface area contributed by atoms with Crippen LogP contribution in [0.2, 0.25) is 0 Å². The molecule has 2 aromatic rings. The number of aliphatic carboxylic acids is 1. The van der Waals surface area contributed by atoms with Crippen molar-refractivity contribution in [2.24, 2.45) is 16.3 Å². The molecule has 0 aliphatic heterocycles. The molecule has 0 bridgehead atoms. The maximum atomic E-state index is 12.9. The Hall–Kier alpha value is -3.94. The first kappa shape index (κ1) is 32.0. The van der Waals surface area contributed by atoms with Crippen LogP contribution in [0.15, 0.2) is 64.9 Å². The maximum Gasteiger partial charge on any atom is 0.407 e. The molecule has 230 valence electrons. The number of hydrogen-bond donors (Lipinski definition) is 3. The first-order valence-electron chi connectivity index (χ1n) is 15.3. The van der Waals surface area contributed by atoms with E-state index < -0.39 is 18.1 Å². The number of nitrogens with zero attached hydrogens (tertiary/aromatic N) is 1. The number of unbranched alkanes of at least 4 members (excludes halogenated alkanes) is 1. The normalized spacial score (nSPS) is 17.0. The van der Waals surface area contributed by atoms with Crippen molar-refractivity contribution in [3.05, 3.63) is 71.0 Å². The minimum absolute atomic E-state index is 0.0676. The predicted molar refractivity (Wildman–Crippen MR) is 168 cm³/mol. The molecule has 0 fully saturated rings. The van der Waals surface area contributed by atoms with Gasteiger partial charge < -0.3 is 20.3 Å². The number of allylic oxidation sites excluding steroid dienone is 2. The number of carboxylic acids is 1. The molecular formula is C35H44N2O6. The summed E-state index contributed by atoms with van der Waals surface area (Å²) in [5, 5.41) is 22.9. The lowest BCUT2D eigenvalue weighted by atomic mass is 9.75. The van der Waals surface area contributed by atoms with Gasteiger partial charge in [0.15, 0.2) is 5.78 Å². The number of hydrogen-bond acceptors (Lipinski definition) is 6. The highest BCUT2D eigenvalue weighted by molar-refractivity contribution is 6.23. The van der Waals surface area contributed by atoms with Gasteiger partial charge in [-0.1, -0.05) is 76.2 Å². The molecule has 4 rings (SSSR count). The average molecular weight is 589 g/mol. The number of aliphatic hydroxyl groups excluding tert-OH is 1. The summed E-state index contributed by atoms with van der Waals surface area (Å²) < 4.78 is 5.62. The molecule has 43 heavy (non-hydrogen) atoms. The van der Waals surface area contributed by atoms with Gasteiger partial charge in [-0.15, -0.1) is 0 Å². The third-order valence-corrected chi connectivity index (χ3v) is 8.09. The number of aliphatic imine (C=N–C) groups is 1. The van der Waals surface area contributed by atoms with E-state index in [0.29, 0.717) is 56.4 Å². The number of nitrogens with one attached hydrogen (secondary N) is 1. The molecule has 8 nitrogen and oxygen atoms in total. The molecule has 0 heterocycles. The summed E-state index contributed by atoms with van der Waals surface area (Å²) in [5.41, 5.74) is 5.24. The number of ketones is 1. The number of alkyl carbamates (subject to hydrolysis) is 1. The lowest BCUT2D eigenvalue weighted by molar-refractivity contribution is -0.137. The van der Waals surface area contributed by atoms with Crippen LogP contribution in [0.3, 0.4) is 0 Å². The Morgan fingerprint density at radius 3 is 2.21 bits per heavy atom. The van der Waals surface area contributed by atoms with Gasteiger partial charge in [0.2, 0.25) is 0 Å². The fourth-order valence-corrected chi connectivity index (χ4v) is 6.21. The number of carbonyl (C=O) groups excluding carboxylic acids is 2. The van der Waals surface area contributed by atoms with E-state index in [1.54, 1.807) is 0 Å². The zero-order valence-corrected chi connectivity index (χ0v) is 25.7. The van der Waals surface area contributed by atoms with Crippen molar-refractivity contribution >= 4 is 23.6 Å². The van der Waals surface area contributed by atoms with E-state index in [9.17, 15) is 24.6 Å². The van der Waals surface area contributed by atoms with Crippen LogP contribution < -0.4 is 5.32 Å². The number of rotatable bonds is 13. The Morgan fingerprint density at radius 2 is 1.63 bits per heavy atom. The SMILES string of the molecule is CC(C)CC(=NCCCC[C@@H](CC(=O)O)NC(=O)OCC1c2ccccc2-c2ccccc21)C1=C(O)CC(C)(C)CC1=O. The molecule has 0 spiro atoms. The van der Waals surface area contributed by atoms with Crippen LogP contribution in [0.25, 0.3) is 11.1 Å². The molecule has 0 unspecified atom stereocenters. The molecule has 0 radical (unpaired) electrons. The minimum atomic E-state index is -0.998. The second-order valence-corrected chi connectivity index (χ2v) is 12.9. The summed E-state index contributed by atoms with van der Waals surface area (Å²) in [6.07, 6.45) is 2.31. The van der Waals surface area contributed by atoms with Crippen molar-refractivity contribution in [1.82, 2.24) is 5.32 Å². The molecule has 0 aromatic heterocycles. The zero-order chi connectivity index (χ0) is 31.1. The maximum absolute atomic E-state index is 12.9. The molecule has 0 saturated heterocycles. The van der Waals surface area contributed by atoms with Gasteiger partial charge in [-0.3, -0.25) is 14.6 Å². The number of fused-ring (bicyclic) bond motifs is 3. The molecular weight excluding hydrogens is 544 g/mol. The number of amides is 1. The van der Waals surface area contributed by atoms with Gasteiger partial charge in [-0.2, -0.15) is 0 Å². The van der Waals surface area contributed by atoms with Crippen LogP contribution in [0.4, 0.5) is 4.79 Å². The molecule has 0 saturated carbocycles. The van der Waals surface area contributed by atoms with E-state index in [2.05, 4.69) is 31.3 Å². The number of Topliss-reactive ketones (excluding diaryl/α,β-unsaturated/α-hetero) is 1. The Kier molecular flexibility index (Phi) is 10.4. The molecule has 2 aliphatic rings. The van der Waals surface area contributed by atoms with Crippen LogP contribution in [-0.2, 0) is 14.3 Å². The Bertz CT molecular complexity index is 1360. The number of carbonyl (C=O) groups is 3. The van der Waals surface area contributed by atoms with E-state index >= 15 is 0 Å². The second-order valence-electron chi connectivity index (χ2n) is 12.9. The van der Waals surface area contributed by atoms with Crippen molar-refractivity contribution in [2.45, 2.75) is 84.6 Å². The van der Waals surface area contributed by atoms with Crippen molar-refractivity contribution in [3.8, 4) is 11.1 Å². The smallest absolute Gasteiger partial charge is 0.407 e. The highest BCUT2D eigenvalue weighted by Gasteiger charge is 2.35. The van der Waals surface area contributed by atoms with Crippen LogP contribution in [0.1, 0.15) is 89.7 Å². The second kappa shape index (κ2) is 14.0. The van der Waals surface area contributed by atoms with Crippen LogP contribution in [0.5, 0.6) is 0 Å². The van der Waals surface area contributed by atoms with Gasteiger partial charge in [0.1, 0.15) is 12.4 Å². The van der Waals surface area contributed by atoms with Gasteiger partial charge in [-0.25, -0.2) is 4.79 Å². The van der Waals surface area contributed by atoms with Crippen LogP contribution in [0, 0.1) is 11.3 Å². The van der Waals surface area contributed by atoms with Crippen molar-refractivity contribution in [2.75, 3.05) is 13.2 Å². The fourth-order valence-electron chi connectivity index (χ4n) is 6.21. The van der Waals surface area contributed by atoms with Gasteiger partial charge in [0.05, 0.1) is 12.0 Å². The Labute approximate surface area is 254 Å². The van der Waals surface area contributed by atoms with Gasteiger partial charge in [0, 0.05) is 37.1 Å². The number of ether oxygens (including phenoxy) is 1. The van der Waals surface area contributed by atoms with Gasteiger partial charge in [-0.05, 0) is 59.3 Å². The van der Waals surface area contributed by atoms with E-state index in [4.69, 9.17) is 9.73 Å². The summed E-state index contributed by atoms with van der Waals surface area (Å²) in [6.45, 7) is 8.65. The summed E-state index contributed by atoms with van der Waals surface area (Å²) in [4.78, 5) is 41.9. The zero-order valence-electron chi connectivity index (χ0n) is 25.7. The molecule has 8 heteroatoms. The minimum Gasteiger partial charge on any atom is -0.511 e. The summed E-state index contributed by atoms with van der Waals surface area (Å²) >= 11 is 0. The largest absolute Gasteiger partial charge is 0.511 e. The molecule has 2 aliphatic carbocycles. The first-order chi connectivity index (χ1) is 20.4.